The first-order valence-corrected chi connectivity index (χ1v) is 6.99. The Hall–Kier alpha value is -0.710. The van der Waals surface area contributed by atoms with Crippen molar-refractivity contribution in [2.75, 3.05) is 0 Å². The second-order valence-corrected chi connectivity index (χ2v) is 6.52. The molecule has 2 nitrogen and oxygen atoms in total. The second kappa shape index (κ2) is 4.28. The number of hydrogen-bond acceptors (Lipinski definition) is 4. The van der Waals surface area contributed by atoms with E-state index < -0.39 is 0 Å². The van der Waals surface area contributed by atoms with Crippen LogP contribution in [-0.2, 0) is 6.42 Å². The van der Waals surface area contributed by atoms with Crippen molar-refractivity contribution in [3.63, 3.8) is 0 Å². The van der Waals surface area contributed by atoms with Crippen LogP contribution in [0.5, 0.6) is 0 Å². The van der Waals surface area contributed by atoms with E-state index in [1.807, 2.05) is 13.8 Å². The van der Waals surface area contributed by atoms with E-state index >= 15 is 0 Å². The van der Waals surface area contributed by atoms with Crippen LogP contribution >= 0.6 is 22.7 Å². The van der Waals surface area contributed by atoms with Crippen LogP contribution in [0.4, 0.5) is 0 Å². The van der Waals surface area contributed by atoms with Gasteiger partial charge in [0.2, 0.25) is 0 Å². The molecule has 16 heavy (non-hydrogen) atoms. The predicted octanol–water partition coefficient (Wildman–Crippen LogP) is 3.46. The Morgan fingerprint density at radius 2 is 2.12 bits per heavy atom. The molecule has 2 rings (SSSR count). The highest BCUT2D eigenvalue weighted by molar-refractivity contribution is 7.20. The Bertz CT molecular complexity index is 477. The van der Waals surface area contributed by atoms with Crippen molar-refractivity contribution >= 4 is 22.7 Å². The SMILES string of the molecule is Cc1ccsc1-c1nc(CC(C)(C)N)cs1. The first-order chi connectivity index (χ1) is 7.46. The Labute approximate surface area is 104 Å². The third kappa shape index (κ3) is 2.70. The van der Waals surface area contributed by atoms with E-state index in [-0.39, 0.29) is 5.54 Å². The summed E-state index contributed by atoms with van der Waals surface area (Å²) in [6, 6.07) is 2.13. The van der Waals surface area contributed by atoms with Gasteiger partial charge in [0.15, 0.2) is 0 Å². The van der Waals surface area contributed by atoms with Crippen LogP contribution in [0.3, 0.4) is 0 Å². The summed E-state index contributed by atoms with van der Waals surface area (Å²) in [6.07, 6.45) is 0.827. The third-order valence-electron chi connectivity index (χ3n) is 2.24. The van der Waals surface area contributed by atoms with Crippen molar-refractivity contribution in [1.29, 1.82) is 0 Å². The van der Waals surface area contributed by atoms with Crippen molar-refractivity contribution in [3.8, 4) is 9.88 Å². The van der Waals surface area contributed by atoms with Crippen molar-refractivity contribution in [1.82, 2.24) is 4.98 Å². The summed E-state index contributed by atoms with van der Waals surface area (Å²) in [5.41, 5.74) is 8.21. The van der Waals surface area contributed by atoms with Gasteiger partial charge < -0.3 is 5.73 Å². The molecule has 0 saturated carbocycles. The number of nitrogens with two attached hydrogens (primary N) is 1. The maximum atomic E-state index is 5.99. The fourth-order valence-corrected chi connectivity index (χ4v) is 3.47. The molecule has 0 radical (unpaired) electrons. The number of hydrogen-bond donors (Lipinski definition) is 1. The Morgan fingerprint density at radius 3 is 2.69 bits per heavy atom. The lowest BCUT2D eigenvalue weighted by molar-refractivity contribution is 0.511. The molecule has 0 aliphatic rings. The fourth-order valence-electron chi connectivity index (χ4n) is 1.55. The molecule has 0 amide bonds. The van der Waals surface area contributed by atoms with E-state index in [1.165, 1.54) is 10.4 Å². The average Bonchev–Trinajstić information content (AvgIpc) is 2.71. The molecule has 0 bridgehead atoms. The highest BCUT2D eigenvalue weighted by Crippen LogP contribution is 2.31. The molecule has 0 aromatic carbocycles. The second-order valence-electron chi connectivity index (χ2n) is 4.74. The summed E-state index contributed by atoms with van der Waals surface area (Å²) in [5.74, 6) is 0. The minimum atomic E-state index is -0.185. The number of thiazole rings is 1. The van der Waals surface area contributed by atoms with Gasteiger partial charge in [-0.1, -0.05) is 0 Å². The van der Waals surface area contributed by atoms with Crippen molar-refractivity contribution < 1.29 is 0 Å². The van der Waals surface area contributed by atoms with E-state index in [9.17, 15) is 0 Å². The molecule has 2 aromatic rings. The number of rotatable bonds is 3. The summed E-state index contributed by atoms with van der Waals surface area (Å²) in [5, 5.41) is 5.34. The highest BCUT2D eigenvalue weighted by Gasteiger charge is 2.15. The summed E-state index contributed by atoms with van der Waals surface area (Å²) in [7, 11) is 0. The van der Waals surface area contributed by atoms with E-state index in [4.69, 9.17) is 5.73 Å². The summed E-state index contributed by atoms with van der Waals surface area (Å²) < 4.78 is 0. The van der Waals surface area contributed by atoms with Crippen LogP contribution in [0.1, 0.15) is 25.1 Å². The number of aromatic nitrogens is 1. The van der Waals surface area contributed by atoms with E-state index in [2.05, 4.69) is 28.7 Å². The zero-order chi connectivity index (χ0) is 11.8. The molecule has 0 unspecified atom stereocenters. The van der Waals surface area contributed by atoms with E-state index in [1.54, 1.807) is 22.7 Å². The van der Waals surface area contributed by atoms with Gasteiger partial charge in [0.25, 0.3) is 0 Å². The summed E-state index contributed by atoms with van der Waals surface area (Å²) in [4.78, 5) is 5.93. The first-order valence-electron chi connectivity index (χ1n) is 5.23. The molecule has 0 fully saturated rings. The minimum Gasteiger partial charge on any atom is -0.325 e. The van der Waals surface area contributed by atoms with Gasteiger partial charge in [-0.05, 0) is 37.8 Å². The van der Waals surface area contributed by atoms with Crippen LogP contribution in [0.15, 0.2) is 16.8 Å². The van der Waals surface area contributed by atoms with Crippen molar-refractivity contribution in [2.45, 2.75) is 32.7 Å². The maximum absolute atomic E-state index is 5.99. The first kappa shape index (κ1) is 11.8. The Kier molecular flexibility index (Phi) is 3.15. The molecule has 0 atom stereocenters. The van der Waals surface area contributed by atoms with Gasteiger partial charge in [0.05, 0.1) is 10.6 Å². The average molecular weight is 252 g/mol. The lowest BCUT2D eigenvalue weighted by atomic mass is 10.0. The van der Waals surface area contributed by atoms with Gasteiger partial charge in [-0.15, -0.1) is 22.7 Å². The monoisotopic (exact) mass is 252 g/mol. The number of aryl methyl sites for hydroxylation is 1. The van der Waals surface area contributed by atoms with Crippen LogP contribution in [0.2, 0.25) is 0 Å². The minimum absolute atomic E-state index is 0.185. The quantitative estimate of drug-likeness (QED) is 0.908. The third-order valence-corrected chi connectivity index (χ3v) is 4.31. The van der Waals surface area contributed by atoms with Gasteiger partial charge in [-0.25, -0.2) is 4.98 Å². The molecule has 0 aliphatic carbocycles. The number of thiophene rings is 1. The van der Waals surface area contributed by atoms with Crippen LogP contribution in [-0.4, -0.2) is 10.5 Å². The smallest absolute Gasteiger partial charge is 0.133 e. The van der Waals surface area contributed by atoms with Crippen LogP contribution < -0.4 is 5.73 Å². The standard InChI is InChI=1S/C12H16N2S2/c1-8-4-5-15-10(8)11-14-9(7-16-11)6-12(2,3)13/h4-5,7H,6,13H2,1-3H3. The maximum Gasteiger partial charge on any atom is 0.133 e. The van der Waals surface area contributed by atoms with E-state index in [0.29, 0.717) is 0 Å². The van der Waals surface area contributed by atoms with Gasteiger partial charge in [0.1, 0.15) is 5.01 Å². The van der Waals surface area contributed by atoms with Crippen LogP contribution in [0, 0.1) is 6.92 Å². The van der Waals surface area contributed by atoms with Crippen molar-refractivity contribution in [3.05, 3.63) is 28.1 Å². The molecular weight excluding hydrogens is 236 g/mol. The predicted molar refractivity (Wildman–Crippen MR) is 72.1 cm³/mol. The van der Waals surface area contributed by atoms with Gasteiger partial charge >= 0.3 is 0 Å². The molecular formula is C12H16N2S2. The van der Waals surface area contributed by atoms with Gasteiger partial charge in [0, 0.05) is 17.3 Å². The zero-order valence-corrected chi connectivity index (χ0v) is 11.4. The fraction of sp³-hybridized carbons (Fsp3) is 0.417. The lowest BCUT2D eigenvalue weighted by Gasteiger charge is -2.15. The topological polar surface area (TPSA) is 38.9 Å². The molecule has 2 aromatic heterocycles. The Balaban J connectivity index is 2.24. The summed E-state index contributed by atoms with van der Waals surface area (Å²) in [6.45, 7) is 6.19. The van der Waals surface area contributed by atoms with E-state index in [0.717, 1.165) is 17.1 Å². The normalized spacial score (nSPS) is 12.0. The largest absolute Gasteiger partial charge is 0.325 e. The zero-order valence-electron chi connectivity index (χ0n) is 9.78. The molecule has 4 heteroatoms. The molecule has 2 heterocycles. The molecule has 0 spiro atoms. The summed E-state index contributed by atoms with van der Waals surface area (Å²) >= 11 is 3.46. The number of nitrogens with zero attached hydrogens (tertiary/aromatic N) is 1. The lowest BCUT2D eigenvalue weighted by Crippen LogP contribution is -2.34. The molecule has 0 saturated heterocycles. The molecule has 86 valence electrons. The van der Waals surface area contributed by atoms with Crippen LogP contribution in [0.25, 0.3) is 9.88 Å². The molecule has 2 N–H and O–H groups in total. The highest BCUT2D eigenvalue weighted by atomic mass is 32.1. The van der Waals surface area contributed by atoms with Crippen molar-refractivity contribution in [2.24, 2.45) is 5.73 Å². The molecule has 0 aliphatic heterocycles. The van der Waals surface area contributed by atoms with Gasteiger partial charge in [-0.2, -0.15) is 0 Å². The Morgan fingerprint density at radius 1 is 1.38 bits per heavy atom. The van der Waals surface area contributed by atoms with Gasteiger partial charge in [-0.3, -0.25) is 0 Å².